The first-order valence-corrected chi connectivity index (χ1v) is 13.0. The lowest BCUT2D eigenvalue weighted by Gasteiger charge is -2.12. The molecule has 5 rings (SSSR count). The van der Waals surface area contributed by atoms with Crippen molar-refractivity contribution in [1.82, 2.24) is 24.8 Å². The number of nitrogens with two attached hydrogens (primary N) is 1. The number of halogens is 1. The second kappa shape index (κ2) is 11.3. The van der Waals surface area contributed by atoms with Gasteiger partial charge in [-0.3, -0.25) is 24.3 Å². The highest BCUT2D eigenvalue weighted by Crippen LogP contribution is 2.25. The molecule has 3 heterocycles. The number of aromatic amines is 1. The number of benzene rings is 2. The summed E-state index contributed by atoms with van der Waals surface area (Å²) in [5.74, 6) is -1.12. The largest absolute Gasteiger partial charge is 0.484 e. The van der Waals surface area contributed by atoms with Crippen LogP contribution in [0.25, 0.3) is 16.7 Å². The summed E-state index contributed by atoms with van der Waals surface area (Å²) in [5.41, 5.74) is 7.96. The zero-order chi connectivity index (χ0) is 27.5. The summed E-state index contributed by atoms with van der Waals surface area (Å²) in [6.45, 7) is 2.91. The summed E-state index contributed by atoms with van der Waals surface area (Å²) in [6.07, 6.45) is 3.37. The molecule has 1 saturated heterocycles. The summed E-state index contributed by atoms with van der Waals surface area (Å²) < 4.78 is 13.4. The Morgan fingerprint density at radius 2 is 2.10 bits per heavy atom. The number of anilines is 1. The van der Waals surface area contributed by atoms with Crippen molar-refractivity contribution in [1.29, 1.82) is 0 Å². The minimum Gasteiger partial charge on any atom is -0.484 e. The summed E-state index contributed by atoms with van der Waals surface area (Å²) >= 11 is 3.43. The maximum absolute atomic E-state index is 13.3. The summed E-state index contributed by atoms with van der Waals surface area (Å²) in [5, 5.41) is 5.49. The zero-order valence-electron chi connectivity index (χ0n) is 21.0. The summed E-state index contributed by atoms with van der Waals surface area (Å²) in [4.78, 5) is 49.0. The number of H-pyrrole nitrogens is 1. The van der Waals surface area contributed by atoms with Crippen molar-refractivity contribution in [2.24, 2.45) is 5.73 Å². The Bertz CT molecular complexity index is 1560. The van der Waals surface area contributed by atoms with E-state index in [0.29, 0.717) is 29.0 Å². The van der Waals surface area contributed by atoms with Crippen molar-refractivity contribution < 1.29 is 23.9 Å². The van der Waals surface area contributed by atoms with E-state index < -0.39 is 11.8 Å². The standard InChI is InChI=1S/C26H26BrN7O5/c1-14-4-5-15(27)9-20(14)34-13-30-22(24(28)36)23(34)25(37)33-26-31-18-7-6-16(10-19(18)32-26)39-12-21(35)29-11-17-3-2-8-38-17/h4-7,9-10,13,17H,2-3,8,11-12H2,1H3,(H2,28,36)(H,29,35)(H2,31,32,33,37). The first-order valence-electron chi connectivity index (χ1n) is 12.2. The number of hydrogen-bond donors (Lipinski definition) is 4. The first-order chi connectivity index (χ1) is 18.8. The van der Waals surface area contributed by atoms with Gasteiger partial charge in [0.05, 0.1) is 22.8 Å². The lowest BCUT2D eigenvalue weighted by molar-refractivity contribution is -0.123. The van der Waals surface area contributed by atoms with E-state index in [1.807, 2.05) is 25.1 Å². The van der Waals surface area contributed by atoms with Crippen molar-refractivity contribution in [2.45, 2.75) is 25.9 Å². The average molecular weight is 596 g/mol. The van der Waals surface area contributed by atoms with E-state index in [1.54, 1.807) is 18.2 Å². The quantitative estimate of drug-likeness (QED) is 0.231. The maximum Gasteiger partial charge on any atom is 0.277 e. The van der Waals surface area contributed by atoms with Crippen LogP contribution < -0.4 is 21.1 Å². The molecule has 39 heavy (non-hydrogen) atoms. The third-order valence-corrected chi connectivity index (χ3v) is 6.75. The molecule has 12 nitrogen and oxygen atoms in total. The molecule has 2 aromatic heterocycles. The molecule has 1 atom stereocenters. The van der Waals surface area contributed by atoms with Crippen LogP contribution in [0.1, 0.15) is 39.4 Å². The van der Waals surface area contributed by atoms with Crippen LogP contribution in [0.3, 0.4) is 0 Å². The van der Waals surface area contributed by atoms with Crippen molar-refractivity contribution in [2.75, 3.05) is 25.1 Å². The fraction of sp³-hybridized carbons (Fsp3) is 0.269. The third-order valence-electron chi connectivity index (χ3n) is 6.25. The van der Waals surface area contributed by atoms with Crippen molar-refractivity contribution in [3.8, 4) is 11.4 Å². The van der Waals surface area contributed by atoms with Gasteiger partial charge in [0.2, 0.25) is 5.95 Å². The zero-order valence-corrected chi connectivity index (χ0v) is 22.6. The van der Waals surface area contributed by atoms with Crippen LogP contribution in [0.5, 0.6) is 5.75 Å². The van der Waals surface area contributed by atoms with E-state index >= 15 is 0 Å². The lowest BCUT2D eigenvalue weighted by atomic mass is 10.2. The molecule has 0 bridgehead atoms. The van der Waals surface area contributed by atoms with Crippen molar-refractivity contribution in [3.63, 3.8) is 0 Å². The number of primary amides is 1. The smallest absolute Gasteiger partial charge is 0.277 e. The molecule has 1 unspecified atom stereocenters. The number of aryl methyl sites for hydroxylation is 1. The number of carbonyl (C=O) groups excluding carboxylic acids is 3. The van der Waals surface area contributed by atoms with E-state index in [1.165, 1.54) is 10.9 Å². The highest BCUT2D eigenvalue weighted by molar-refractivity contribution is 9.10. The molecule has 3 amide bonds. The molecule has 0 aliphatic carbocycles. The van der Waals surface area contributed by atoms with Gasteiger partial charge in [0.25, 0.3) is 17.7 Å². The molecule has 202 valence electrons. The van der Waals surface area contributed by atoms with Crippen molar-refractivity contribution >= 4 is 50.6 Å². The fourth-order valence-corrected chi connectivity index (χ4v) is 4.65. The molecule has 2 aromatic carbocycles. The lowest BCUT2D eigenvalue weighted by Crippen LogP contribution is -2.35. The Balaban J connectivity index is 1.30. The number of rotatable bonds is 9. The van der Waals surface area contributed by atoms with E-state index in [4.69, 9.17) is 15.2 Å². The van der Waals surface area contributed by atoms with Gasteiger partial charge in [0.1, 0.15) is 17.8 Å². The van der Waals surface area contributed by atoms with Gasteiger partial charge in [-0.1, -0.05) is 22.0 Å². The fourth-order valence-electron chi connectivity index (χ4n) is 4.30. The van der Waals surface area contributed by atoms with E-state index in [9.17, 15) is 14.4 Å². The molecule has 0 saturated carbocycles. The molecule has 5 N–H and O–H groups in total. The van der Waals surface area contributed by atoms with Gasteiger partial charge in [-0.05, 0) is 49.6 Å². The number of imidazole rings is 2. The molecule has 1 fully saturated rings. The Morgan fingerprint density at radius 1 is 1.26 bits per heavy atom. The number of fused-ring (bicyclic) bond motifs is 1. The highest BCUT2D eigenvalue weighted by Gasteiger charge is 2.25. The average Bonchev–Trinajstić information content (AvgIpc) is 3.66. The number of nitrogens with one attached hydrogen (secondary N) is 3. The van der Waals surface area contributed by atoms with Crippen LogP contribution in [-0.2, 0) is 9.53 Å². The van der Waals surface area contributed by atoms with Crippen LogP contribution >= 0.6 is 15.9 Å². The molecular formula is C26H26BrN7O5. The van der Waals surface area contributed by atoms with E-state index in [2.05, 4.69) is 41.5 Å². The van der Waals surface area contributed by atoms with Crippen LogP contribution in [0.15, 0.2) is 47.2 Å². The topological polar surface area (TPSA) is 166 Å². The SMILES string of the molecule is Cc1ccc(Br)cc1-n1cnc(C(N)=O)c1C(=O)Nc1nc2cc(OCC(=O)NCC3CCCO3)ccc2[nH]1. The van der Waals surface area contributed by atoms with Gasteiger partial charge in [-0.2, -0.15) is 0 Å². The predicted molar refractivity (Wildman–Crippen MR) is 146 cm³/mol. The number of carbonyl (C=O) groups is 3. The van der Waals surface area contributed by atoms with Gasteiger partial charge in [0, 0.05) is 23.7 Å². The Hall–Kier alpha value is -4.23. The molecule has 4 aromatic rings. The Kier molecular flexibility index (Phi) is 7.61. The van der Waals surface area contributed by atoms with Crippen LogP contribution in [0, 0.1) is 6.92 Å². The molecule has 13 heteroatoms. The van der Waals surface area contributed by atoms with Gasteiger partial charge in [-0.15, -0.1) is 0 Å². The van der Waals surface area contributed by atoms with Gasteiger partial charge in [-0.25, -0.2) is 9.97 Å². The van der Waals surface area contributed by atoms with Crippen LogP contribution in [0.2, 0.25) is 0 Å². The van der Waals surface area contributed by atoms with E-state index in [0.717, 1.165) is 29.5 Å². The Labute approximate surface area is 231 Å². The number of amides is 3. The molecule has 1 aliphatic rings. The molecule has 1 aliphatic heterocycles. The van der Waals surface area contributed by atoms with Crippen LogP contribution in [0.4, 0.5) is 5.95 Å². The summed E-state index contributed by atoms with van der Waals surface area (Å²) in [7, 11) is 0. The monoisotopic (exact) mass is 595 g/mol. The number of aromatic nitrogens is 4. The van der Waals surface area contributed by atoms with Crippen LogP contribution in [-0.4, -0.2) is 63.1 Å². The normalized spacial score (nSPS) is 14.9. The van der Waals surface area contributed by atoms with Crippen molar-refractivity contribution in [3.05, 3.63) is 64.1 Å². The van der Waals surface area contributed by atoms with Gasteiger partial charge < -0.3 is 25.5 Å². The molecule has 0 spiro atoms. The second-order valence-electron chi connectivity index (χ2n) is 9.05. The minimum atomic E-state index is -0.835. The number of nitrogens with zero attached hydrogens (tertiary/aromatic N) is 3. The number of ether oxygens (including phenoxy) is 2. The van der Waals surface area contributed by atoms with Gasteiger partial charge >= 0.3 is 0 Å². The summed E-state index contributed by atoms with van der Waals surface area (Å²) in [6, 6.07) is 10.6. The molecular weight excluding hydrogens is 570 g/mol. The van der Waals surface area contributed by atoms with E-state index in [-0.39, 0.29) is 36.0 Å². The molecule has 0 radical (unpaired) electrons. The second-order valence-corrected chi connectivity index (χ2v) is 9.97. The first kappa shape index (κ1) is 26.4. The predicted octanol–water partition coefficient (Wildman–Crippen LogP) is 2.84. The third kappa shape index (κ3) is 5.94. The highest BCUT2D eigenvalue weighted by atomic mass is 79.9. The number of hydrogen-bond acceptors (Lipinski definition) is 7. The minimum absolute atomic E-state index is 0.0257. The van der Waals surface area contributed by atoms with Gasteiger partial charge in [0.15, 0.2) is 12.3 Å². The maximum atomic E-state index is 13.3. The Morgan fingerprint density at radius 3 is 2.87 bits per heavy atom.